The number of nitrogens with zero attached hydrogens (tertiary/aromatic N) is 2. The molecule has 1 aromatic carbocycles. The molecular weight excluding hydrogens is 258 g/mol. The SMILES string of the molecule is Cc1nc2c(n1C1CCc3ccccc3NC1)CCCC2. The number of fused-ring (bicyclic) bond motifs is 2. The Morgan fingerprint density at radius 1 is 1.14 bits per heavy atom. The van der Waals surface area contributed by atoms with Crippen LogP contribution in [0.2, 0.25) is 0 Å². The molecule has 0 saturated heterocycles. The van der Waals surface area contributed by atoms with E-state index >= 15 is 0 Å². The van der Waals surface area contributed by atoms with Gasteiger partial charge in [-0.25, -0.2) is 4.98 Å². The van der Waals surface area contributed by atoms with Crippen LogP contribution in [-0.4, -0.2) is 16.1 Å². The molecular formula is C18H23N3. The van der Waals surface area contributed by atoms with E-state index in [0.29, 0.717) is 6.04 Å². The molecule has 1 N–H and O–H groups in total. The van der Waals surface area contributed by atoms with Gasteiger partial charge in [0, 0.05) is 17.9 Å². The van der Waals surface area contributed by atoms with Crippen molar-refractivity contribution in [2.24, 2.45) is 0 Å². The van der Waals surface area contributed by atoms with Crippen molar-refractivity contribution in [2.75, 3.05) is 11.9 Å². The fourth-order valence-electron chi connectivity index (χ4n) is 3.97. The Balaban J connectivity index is 1.65. The lowest BCUT2D eigenvalue weighted by Gasteiger charge is -2.23. The molecule has 1 atom stereocenters. The minimum Gasteiger partial charge on any atom is -0.383 e. The second-order valence-electron chi connectivity index (χ2n) is 6.36. The molecule has 3 heteroatoms. The van der Waals surface area contributed by atoms with Crippen molar-refractivity contribution in [3.05, 3.63) is 47.0 Å². The maximum atomic E-state index is 4.84. The summed E-state index contributed by atoms with van der Waals surface area (Å²) >= 11 is 0. The van der Waals surface area contributed by atoms with E-state index in [-0.39, 0.29) is 0 Å². The number of hydrogen-bond acceptors (Lipinski definition) is 2. The molecule has 21 heavy (non-hydrogen) atoms. The molecule has 0 radical (unpaired) electrons. The first kappa shape index (κ1) is 12.9. The Kier molecular flexibility index (Phi) is 3.21. The lowest BCUT2D eigenvalue weighted by molar-refractivity contribution is 0.461. The van der Waals surface area contributed by atoms with Gasteiger partial charge < -0.3 is 9.88 Å². The number of imidazole rings is 1. The van der Waals surface area contributed by atoms with Gasteiger partial charge in [-0.2, -0.15) is 0 Å². The van der Waals surface area contributed by atoms with Crippen LogP contribution in [0.25, 0.3) is 0 Å². The van der Waals surface area contributed by atoms with E-state index < -0.39 is 0 Å². The summed E-state index contributed by atoms with van der Waals surface area (Å²) in [6.45, 7) is 3.19. The number of aryl methyl sites for hydroxylation is 3. The molecule has 1 aliphatic heterocycles. The van der Waals surface area contributed by atoms with Crippen molar-refractivity contribution in [2.45, 2.75) is 51.5 Å². The van der Waals surface area contributed by atoms with E-state index in [1.165, 1.54) is 60.6 Å². The fourth-order valence-corrected chi connectivity index (χ4v) is 3.97. The monoisotopic (exact) mass is 281 g/mol. The first-order valence-electron chi connectivity index (χ1n) is 8.21. The Labute approximate surface area is 126 Å². The number of aromatic nitrogens is 2. The predicted molar refractivity (Wildman–Crippen MR) is 85.9 cm³/mol. The van der Waals surface area contributed by atoms with E-state index in [1.54, 1.807) is 0 Å². The van der Waals surface area contributed by atoms with Crippen LogP contribution in [0.5, 0.6) is 0 Å². The molecule has 110 valence electrons. The van der Waals surface area contributed by atoms with Gasteiger partial charge >= 0.3 is 0 Å². The van der Waals surface area contributed by atoms with Gasteiger partial charge in [-0.05, 0) is 57.1 Å². The molecule has 1 aliphatic carbocycles. The van der Waals surface area contributed by atoms with Crippen molar-refractivity contribution in [1.82, 2.24) is 9.55 Å². The van der Waals surface area contributed by atoms with Crippen LogP contribution in [0.15, 0.2) is 24.3 Å². The third-order valence-electron chi connectivity index (χ3n) is 5.00. The molecule has 2 aromatic rings. The average molecular weight is 281 g/mol. The molecule has 3 nitrogen and oxygen atoms in total. The number of benzene rings is 1. The lowest BCUT2D eigenvalue weighted by Crippen LogP contribution is -2.21. The lowest BCUT2D eigenvalue weighted by atomic mass is 10.00. The van der Waals surface area contributed by atoms with Gasteiger partial charge in [0.15, 0.2) is 0 Å². The summed E-state index contributed by atoms with van der Waals surface area (Å²) in [5, 5.41) is 3.65. The minimum absolute atomic E-state index is 0.534. The minimum atomic E-state index is 0.534. The van der Waals surface area contributed by atoms with Crippen molar-refractivity contribution in [3.63, 3.8) is 0 Å². The highest BCUT2D eigenvalue weighted by Gasteiger charge is 2.24. The summed E-state index contributed by atoms with van der Waals surface area (Å²) in [6.07, 6.45) is 7.35. The van der Waals surface area contributed by atoms with E-state index in [0.717, 1.165) is 13.0 Å². The molecule has 0 fully saturated rings. The van der Waals surface area contributed by atoms with Gasteiger partial charge in [0.05, 0.1) is 11.7 Å². The maximum absolute atomic E-state index is 4.84. The molecule has 0 spiro atoms. The third-order valence-corrected chi connectivity index (χ3v) is 5.00. The van der Waals surface area contributed by atoms with Gasteiger partial charge in [0.1, 0.15) is 5.82 Å². The topological polar surface area (TPSA) is 29.9 Å². The van der Waals surface area contributed by atoms with Crippen LogP contribution in [-0.2, 0) is 19.3 Å². The molecule has 4 rings (SSSR count). The van der Waals surface area contributed by atoms with E-state index in [9.17, 15) is 0 Å². The number of nitrogens with one attached hydrogen (secondary N) is 1. The molecule has 0 amide bonds. The number of hydrogen-bond donors (Lipinski definition) is 1. The first-order chi connectivity index (χ1) is 10.3. The van der Waals surface area contributed by atoms with Crippen LogP contribution in [0.4, 0.5) is 5.69 Å². The van der Waals surface area contributed by atoms with Crippen molar-refractivity contribution >= 4 is 5.69 Å². The standard InChI is InChI=1S/C18H23N3/c1-13-20-17-8-4-5-9-18(17)21(13)15-11-10-14-6-2-3-7-16(14)19-12-15/h2-3,6-7,15,19H,4-5,8-12H2,1H3. The maximum Gasteiger partial charge on any atom is 0.106 e. The Morgan fingerprint density at radius 3 is 2.95 bits per heavy atom. The molecule has 1 unspecified atom stereocenters. The van der Waals surface area contributed by atoms with Crippen molar-refractivity contribution in [3.8, 4) is 0 Å². The zero-order valence-electron chi connectivity index (χ0n) is 12.7. The van der Waals surface area contributed by atoms with E-state index in [2.05, 4.69) is 41.1 Å². The van der Waals surface area contributed by atoms with E-state index in [1.807, 2.05) is 0 Å². The quantitative estimate of drug-likeness (QED) is 0.864. The largest absolute Gasteiger partial charge is 0.383 e. The van der Waals surface area contributed by atoms with Gasteiger partial charge in [-0.3, -0.25) is 0 Å². The van der Waals surface area contributed by atoms with Crippen LogP contribution >= 0.6 is 0 Å². The second-order valence-corrected chi connectivity index (χ2v) is 6.36. The summed E-state index contributed by atoms with van der Waals surface area (Å²) in [4.78, 5) is 4.84. The summed E-state index contributed by atoms with van der Waals surface area (Å²) in [6, 6.07) is 9.25. The summed E-state index contributed by atoms with van der Waals surface area (Å²) in [5.41, 5.74) is 5.63. The molecule has 2 aliphatic rings. The predicted octanol–water partition coefficient (Wildman–Crippen LogP) is 3.67. The zero-order chi connectivity index (χ0) is 14.2. The zero-order valence-corrected chi connectivity index (χ0v) is 12.7. The van der Waals surface area contributed by atoms with Crippen LogP contribution in [0.1, 0.15) is 48.1 Å². The Bertz CT molecular complexity index is 629. The van der Waals surface area contributed by atoms with E-state index in [4.69, 9.17) is 4.98 Å². The fraction of sp³-hybridized carbons (Fsp3) is 0.500. The second kappa shape index (κ2) is 5.21. The number of anilines is 1. The molecule has 1 aromatic heterocycles. The third kappa shape index (κ3) is 2.25. The van der Waals surface area contributed by atoms with Crippen LogP contribution in [0, 0.1) is 6.92 Å². The van der Waals surface area contributed by atoms with Gasteiger partial charge in [0.2, 0.25) is 0 Å². The summed E-state index contributed by atoms with van der Waals surface area (Å²) in [7, 11) is 0. The number of para-hydroxylation sites is 1. The van der Waals surface area contributed by atoms with Gasteiger partial charge in [-0.15, -0.1) is 0 Å². The Morgan fingerprint density at radius 2 is 2.00 bits per heavy atom. The van der Waals surface area contributed by atoms with Gasteiger partial charge in [-0.1, -0.05) is 18.2 Å². The number of rotatable bonds is 1. The average Bonchev–Trinajstić information content (AvgIpc) is 2.70. The van der Waals surface area contributed by atoms with Crippen molar-refractivity contribution in [1.29, 1.82) is 0 Å². The van der Waals surface area contributed by atoms with Crippen LogP contribution < -0.4 is 5.32 Å². The van der Waals surface area contributed by atoms with Crippen LogP contribution in [0.3, 0.4) is 0 Å². The molecule has 2 heterocycles. The smallest absolute Gasteiger partial charge is 0.106 e. The normalized spacial score (nSPS) is 21.1. The summed E-state index contributed by atoms with van der Waals surface area (Å²) < 4.78 is 2.54. The van der Waals surface area contributed by atoms with Crippen molar-refractivity contribution < 1.29 is 0 Å². The molecule has 0 bridgehead atoms. The highest BCUT2D eigenvalue weighted by Crippen LogP contribution is 2.31. The first-order valence-corrected chi connectivity index (χ1v) is 8.21. The molecule has 0 saturated carbocycles. The summed E-state index contributed by atoms with van der Waals surface area (Å²) in [5.74, 6) is 1.21. The highest BCUT2D eigenvalue weighted by atomic mass is 15.1. The Hall–Kier alpha value is -1.77. The highest BCUT2D eigenvalue weighted by molar-refractivity contribution is 5.52. The van der Waals surface area contributed by atoms with Gasteiger partial charge in [0.25, 0.3) is 0 Å².